The molecule has 0 amide bonds. The molecule has 4 heteroatoms. The third-order valence-electron chi connectivity index (χ3n) is 2.66. The molecule has 0 bridgehead atoms. The van der Waals surface area contributed by atoms with Crippen LogP contribution < -0.4 is 0 Å². The summed E-state index contributed by atoms with van der Waals surface area (Å²) in [5.74, 6) is 0.372. The van der Waals surface area contributed by atoms with Gasteiger partial charge < -0.3 is 5.11 Å². The molecular formula is C10H19N3O. The topological polar surface area (TPSA) is 50.9 Å². The zero-order chi connectivity index (χ0) is 10.6. The van der Waals surface area contributed by atoms with E-state index in [0.717, 1.165) is 18.5 Å². The van der Waals surface area contributed by atoms with Crippen LogP contribution in [-0.4, -0.2) is 26.2 Å². The summed E-state index contributed by atoms with van der Waals surface area (Å²) >= 11 is 0. The first-order valence-corrected chi connectivity index (χ1v) is 5.20. The molecule has 0 aromatic carbocycles. The van der Waals surface area contributed by atoms with E-state index in [2.05, 4.69) is 24.2 Å². The highest BCUT2D eigenvalue weighted by Crippen LogP contribution is 2.15. The van der Waals surface area contributed by atoms with Crippen molar-refractivity contribution in [1.29, 1.82) is 0 Å². The Balaban J connectivity index is 2.51. The molecule has 1 atom stereocenters. The molecule has 0 spiro atoms. The molecule has 0 saturated heterocycles. The molecular weight excluding hydrogens is 178 g/mol. The second-order valence-electron chi connectivity index (χ2n) is 3.73. The summed E-state index contributed by atoms with van der Waals surface area (Å²) in [6, 6.07) is 0. The molecule has 80 valence electrons. The van der Waals surface area contributed by atoms with Crippen LogP contribution in [0, 0.1) is 5.92 Å². The van der Waals surface area contributed by atoms with E-state index in [1.807, 2.05) is 13.2 Å². The lowest BCUT2D eigenvalue weighted by Gasteiger charge is -2.18. The molecule has 1 rings (SSSR count). The molecule has 0 saturated carbocycles. The fourth-order valence-electron chi connectivity index (χ4n) is 1.70. The van der Waals surface area contributed by atoms with Gasteiger partial charge in [0.05, 0.1) is 11.8 Å². The smallest absolute Gasteiger partial charge is 0.0852 e. The second kappa shape index (κ2) is 5.10. The van der Waals surface area contributed by atoms with Gasteiger partial charge >= 0.3 is 0 Å². The van der Waals surface area contributed by atoms with Gasteiger partial charge in [0, 0.05) is 19.7 Å². The summed E-state index contributed by atoms with van der Waals surface area (Å²) < 4.78 is 1.66. The van der Waals surface area contributed by atoms with Crippen LogP contribution in [0.2, 0.25) is 0 Å². The van der Waals surface area contributed by atoms with Crippen LogP contribution in [0.5, 0.6) is 0 Å². The summed E-state index contributed by atoms with van der Waals surface area (Å²) in [5.41, 5.74) is 0.868. The SMILES string of the molecule is CCC(CC)C(O)Cc1cn(C)nn1. The average Bonchev–Trinajstić information content (AvgIpc) is 2.53. The fourth-order valence-corrected chi connectivity index (χ4v) is 1.70. The molecule has 0 aliphatic rings. The molecule has 1 aromatic rings. The van der Waals surface area contributed by atoms with Crippen molar-refractivity contribution in [2.45, 2.75) is 39.2 Å². The molecule has 1 heterocycles. The maximum atomic E-state index is 9.89. The second-order valence-corrected chi connectivity index (χ2v) is 3.73. The van der Waals surface area contributed by atoms with E-state index in [1.54, 1.807) is 4.68 Å². The Bertz CT molecular complexity index is 268. The van der Waals surface area contributed by atoms with Crippen molar-refractivity contribution in [1.82, 2.24) is 15.0 Å². The maximum Gasteiger partial charge on any atom is 0.0852 e. The average molecular weight is 197 g/mol. The minimum Gasteiger partial charge on any atom is -0.392 e. The Morgan fingerprint density at radius 3 is 2.50 bits per heavy atom. The van der Waals surface area contributed by atoms with Crippen LogP contribution in [0.25, 0.3) is 0 Å². The van der Waals surface area contributed by atoms with Gasteiger partial charge in [-0.3, -0.25) is 4.68 Å². The molecule has 0 fully saturated rings. The van der Waals surface area contributed by atoms with Crippen molar-refractivity contribution >= 4 is 0 Å². The van der Waals surface area contributed by atoms with Gasteiger partial charge in [0.1, 0.15) is 0 Å². The van der Waals surface area contributed by atoms with E-state index < -0.39 is 0 Å². The number of aromatic nitrogens is 3. The molecule has 0 aliphatic carbocycles. The van der Waals surface area contributed by atoms with Gasteiger partial charge in [0.15, 0.2) is 0 Å². The van der Waals surface area contributed by atoms with Crippen molar-refractivity contribution in [2.75, 3.05) is 0 Å². The fraction of sp³-hybridized carbons (Fsp3) is 0.800. The predicted molar refractivity (Wildman–Crippen MR) is 54.8 cm³/mol. The first-order chi connectivity index (χ1) is 6.67. The van der Waals surface area contributed by atoms with E-state index in [4.69, 9.17) is 0 Å². The zero-order valence-corrected chi connectivity index (χ0v) is 9.14. The Labute approximate surface area is 84.9 Å². The number of hydrogen-bond acceptors (Lipinski definition) is 3. The zero-order valence-electron chi connectivity index (χ0n) is 9.14. The van der Waals surface area contributed by atoms with Crippen molar-refractivity contribution in [3.05, 3.63) is 11.9 Å². The molecule has 1 N–H and O–H groups in total. The molecule has 14 heavy (non-hydrogen) atoms. The Hall–Kier alpha value is -0.900. The van der Waals surface area contributed by atoms with Crippen molar-refractivity contribution in [3.63, 3.8) is 0 Å². The van der Waals surface area contributed by atoms with Gasteiger partial charge in [0.2, 0.25) is 0 Å². The molecule has 1 unspecified atom stereocenters. The molecule has 0 aliphatic heterocycles. The summed E-state index contributed by atoms with van der Waals surface area (Å²) in [7, 11) is 1.83. The van der Waals surface area contributed by atoms with Crippen LogP contribution >= 0.6 is 0 Å². The third-order valence-corrected chi connectivity index (χ3v) is 2.66. The van der Waals surface area contributed by atoms with E-state index in [9.17, 15) is 5.11 Å². The van der Waals surface area contributed by atoms with Crippen LogP contribution in [0.3, 0.4) is 0 Å². The highest BCUT2D eigenvalue weighted by atomic mass is 16.3. The van der Waals surface area contributed by atoms with Crippen molar-refractivity contribution in [3.8, 4) is 0 Å². The number of rotatable bonds is 5. The lowest BCUT2D eigenvalue weighted by Crippen LogP contribution is -2.21. The van der Waals surface area contributed by atoms with E-state index >= 15 is 0 Å². The molecule has 0 radical (unpaired) electrons. The first kappa shape index (κ1) is 11.2. The normalized spacial score (nSPS) is 13.5. The van der Waals surface area contributed by atoms with Gasteiger partial charge in [-0.2, -0.15) is 0 Å². The number of aryl methyl sites for hydroxylation is 1. The Morgan fingerprint density at radius 2 is 2.07 bits per heavy atom. The quantitative estimate of drug-likeness (QED) is 0.770. The Morgan fingerprint density at radius 1 is 1.43 bits per heavy atom. The molecule has 1 aromatic heterocycles. The number of nitrogens with zero attached hydrogens (tertiary/aromatic N) is 3. The van der Waals surface area contributed by atoms with Crippen LogP contribution in [0.4, 0.5) is 0 Å². The lowest BCUT2D eigenvalue weighted by atomic mass is 9.94. The summed E-state index contributed by atoms with van der Waals surface area (Å²) in [6.45, 7) is 4.21. The van der Waals surface area contributed by atoms with Gasteiger partial charge in [-0.1, -0.05) is 31.9 Å². The van der Waals surface area contributed by atoms with Gasteiger partial charge in [0.25, 0.3) is 0 Å². The predicted octanol–water partition coefficient (Wildman–Crippen LogP) is 1.15. The van der Waals surface area contributed by atoms with Crippen LogP contribution in [0.15, 0.2) is 6.20 Å². The van der Waals surface area contributed by atoms with Crippen LogP contribution in [-0.2, 0) is 13.5 Å². The van der Waals surface area contributed by atoms with E-state index in [0.29, 0.717) is 12.3 Å². The van der Waals surface area contributed by atoms with Crippen molar-refractivity contribution < 1.29 is 5.11 Å². The van der Waals surface area contributed by atoms with Crippen molar-refractivity contribution in [2.24, 2.45) is 13.0 Å². The standard InChI is InChI=1S/C10H19N3O/c1-4-8(5-2)10(14)6-9-7-13(3)12-11-9/h7-8,10,14H,4-6H2,1-3H3. The largest absolute Gasteiger partial charge is 0.392 e. The van der Waals surface area contributed by atoms with Crippen LogP contribution in [0.1, 0.15) is 32.4 Å². The summed E-state index contributed by atoms with van der Waals surface area (Å²) in [6.07, 6.45) is 4.20. The minimum absolute atomic E-state index is 0.290. The number of hydrogen-bond donors (Lipinski definition) is 1. The number of aliphatic hydroxyl groups is 1. The first-order valence-electron chi connectivity index (χ1n) is 5.20. The van der Waals surface area contributed by atoms with Gasteiger partial charge in [-0.05, 0) is 5.92 Å². The van der Waals surface area contributed by atoms with E-state index in [-0.39, 0.29) is 6.10 Å². The summed E-state index contributed by atoms with van der Waals surface area (Å²) in [5, 5.41) is 17.7. The maximum absolute atomic E-state index is 9.89. The summed E-state index contributed by atoms with van der Waals surface area (Å²) in [4.78, 5) is 0. The van der Waals surface area contributed by atoms with E-state index in [1.165, 1.54) is 0 Å². The monoisotopic (exact) mass is 197 g/mol. The Kier molecular flexibility index (Phi) is 4.07. The number of aliphatic hydroxyl groups excluding tert-OH is 1. The minimum atomic E-state index is -0.290. The highest BCUT2D eigenvalue weighted by molar-refractivity contribution is 4.94. The molecule has 4 nitrogen and oxygen atoms in total. The van der Waals surface area contributed by atoms with Gasteiger partial charge in [-0.15, -0.1) is 5.10 Å². The highest BCUT2D eigenvalue weighted by Gasteiger charge is 2.17. The van der Waals surface area contributed by atoms with Gasteiger partial charge in [-0.25, -0.2) is 0 Å². The third kappa shape index (κ3) is 2.80. The lowest BCUT2D eigenvalue weighted by molar-refractivity contribution is 0.102.